The number of β-lactam (4-membered cyclic amide) rings is 1. The van der Waals surface area contributed by atoms with Crippen molar-refractivity contribution in [2.75, 3.05) is 0 Å². The third kappa shape index (κ3) is 8.65. The average molecular weight is 887 g/mol. The second-order valence-corrected chi connectivity index (χ2v) is 16.2. The van der Waals surface area contributed by atoms with Crippen LogP contribution in [0.15, 0.2) is 140 Å². The second-order valence-electron chi connectivity index (χ2n) is 12.4. The monoisotopic (exact) mass is 885 g/mol. The van der Waals surface area contributed by atoms with Crippen LogP contribution in [0.25, 0.3) is 0 Å². The molecule has 3 unspecified atom stereocenters. The number of carbonyl (C=O) groups excluding carboxylic acids is 3. The summed E-state index contributed by atoms with van der Waals surface area (Å²) in [5.74, 6) is -2.42. The minimum Gasteiger partial charge on any atom is -0.767 e. The molecular weight excluding hydrogens is 853 g/mol. The van der Waals surface area contributed by atoms with Gasteiger partial charge >= 0.3 is 34.5 Å². The summed E-state index contributed by atoms with van der Waals surface area (Å²) in [6.07, 6.45) is -2.14. The quantitative estimate of drug-likeness (QED) is 0.0269. The fraction of sp³-hybridized carbons (Fsp3) is 0.150. The molecule has 13 nitrogen and oxygen atoms in total. The summed E-state index contributed by atoms with van der Waals surface area (Å²) in [6, 6.07) is 39.0. The van der Waals surface area contributed by atoms with Gasteiger partial charge in [-0.1, -0.05) is 96.4 Å². The van der Waals surface area contributed by atoms with Crippen LogP contribution >= 0.6 is 6.89 Å². The van der Waals surface area contributed by atoms with Gasteiger partial charge in [0, 0.05) is 31.2 Å². The minimum absolute atomic E-state index is 0. The first kappa shape index (κ1) is 41.7. The molecule has 1 heterocycles. The van der Waals surface area contributed by atoms with Gasteiger partial charge in [0.2, 0.25) is 5.91 Å². The van der Waals surface area contributed by atoms with Gasteiger partial charge in [0.15, 0.2) is 0 Å². The number of ether oxygens (including phenoxy) is 3. The first-order valence-corrected chi connectivity index (χ1v) is 19.2. The molecule has 56 heavy (non-hydrogen) atoms. The summed E-state index contributed by atoms with van der Waals surface area (Å²) in [7, 11) is 0. The summed E-state index contributed by atoms with van der Waals surface area (Å²) in [5.41, 5.74) is 0.749. The first-order chi connectivity index (χ1) is 26.5. The number of non-ortho nitro benzene ring substituents is 2. The van der Waals surface area contributed by atoms with E-state index in [4.69, 9.17) is 26.8 Å². The van der Waals surface area contributed by atoms with Crippen molar-refractivity contribution in [3.8, 4) is 0 Å². The summed E-state index contributed by atoms with van der Waals surface area (Å²) in [4.78, 5) is 64.4. The van der Waals surface area contributed by atoms with E-state index in [9.17, 15) is 34.6 Å². The van der Waals surface area contributed by atoms with Crippen LogP contribution in [0, 0.1) is 26.1 Å². The molecule has 0 N–H and O–H groups in total. The average Bonchev–Trinajstić information content (AvgIpc) is 3.20. The Morgan fingerprint density at radius 3 is 1.46 bits per heavy atom. The van der Waals surface area contributed by atoms with Crippen molar-refractivity contribution in [3.63, 3.8) is 0 Å². The van der Waals surface area contributed by atoms with Crippen LogP contribution in [0.1, 0.15) is 18.1 Å². The van der Waals surface area contributed by atoms with Crippen molar-refractivity contribution < 1.29 is 60.8 Å². The van der Waals surface area contributed by atoms with Gasteiger partial charge in [-0.15, -0.1) is 0 Å². The van der Waals surface area contributed by atoms with Crippen molar-refractivity contribution in [1.29, 1.82) is 0 Å². The summed E-state index contributed by atoms with van der Waals surface area (Å²) in [5, 5.41) is 23.4. The molecule has 3 atom stereocenters. The molecule has 290 valence electrons. The molecule has 0 radical (unpaired) electrons. The molecule has 0 spiro atoms. The molecule has 0 saturated carbocycles. The van der Waals surface area contributed by atoms with E-state index in [2.05, 4.69) is 0 Å². The fourth-order valence-corrected chi connectivity index (χ4v) is 11.3. The molecular formula is C40H33AgN3O10PS. The Labute approximate surface area is 342 Å². The minimum atomic E-state index is -3.28. The molecule has 1 fully saturated rings. The van der Waals surface area contributed by atoms with Crippen LogP contribution in [0.2, 0.25) is 0 Å². The molecule has 1 amide bonds. The van der Waals surface area contributed by atoms with Crippen molar-refractivity contribution >= 4 is 70.3 Å². The van der Waals surface area contributed by atoms with E-state index in [0.29, 0.717) is 11.1 Å². The van der Waals surface area contributed by atoms with E-state index in [1.807, 2.05) is 91.0 Å². The van der Waals surface area contributed by atoms with Crippen LogP contribution in [0.5, 0.6) is 0 Å². The Balaban J connectivity index is 0.00000600. The van der Waals surface area contributed by atoms with Gasteiger partial charge in [-0.05, 0) is 58.2 Å². The molecule has 5 aromatic carbocycles. The van der Waals surface area contributed by atoms with Gasteiger partial charge in [-0.3, -0.25) is 25.0 Å². The maximum atomic E-state index is 14.8. The van der Waals surface area contributed by atoms with Crippen molar-refractivity contribution in [2.45, 2.75) is 31.6 Å². The number of hydrogen-bond donors (Lipinski definition) is 0. The van der Waals surface area contributed by atoms with Crippen LogP contribution in [-0.2, 0) is 72.0 Å². The molecule has 6 rings (SSSR count). The largest absolute Gasteiger partial charge is 1.00 e. The van der Waals surface area contributed by atoms with Gasteiger partial charge in [0.05, 0.1) is 15.8 Å². The molecule has 16 heteroatoms. The molecule has 1 aliphatic rings. The Morgan fingerprint density at radius 1 is 0.696 bits per heavy atom. The van der Waals surface area contributed by atoms with E-state index < -0.39 is 52.2 Å². The summed E-state index contributed by atoms with van der Waals surface area (Å²) < 4.78 is 16.7. The fourth-order valence-electron chi connectivity index (χ4n) is 6.35. The van der Waals surface area contributed by atoms with Gasteiger partial charge in [0.1, 0.15) is 24.7 Å². The second kappa shape index (κ2) is 18.4. The maximum absolute atomic E-state index is 14.8. The number of likely N-dealkylation sites (tertiary alicyclic amines) is 1. The molecule has 1 saturated heterocycles. The third-order valence-corrected chi connectivity index (χ3v) is 13.8. The molecule has 5 aromatic rings. The zero-order valence-electron chi connectivity index (χ0n) is 29.5. The van der Waals surface area contributed by atoms with E-state index >= 15 is 0 Å². The third-order valence-electron chi connectivity index (χ3n) is 9.05. The van der Waals surface area contributed by atoms with E-state index in [-0.39, 0.29) is 52.4 Å². The number of hydrogen-bond acceptors (Lipinski definition) is 11. The molecule has 0 aromatic heterocycles. The number of nitro groups is 2. The van der Waals surface area contributed by atoms with Crippen LogP contribution < -0.4 is 15.9 Å². The Morgan fingerprint density at radius 2 is 1.09 bits per heavy atom. The SMILES string of the molecule is CC(OC(=O)OCc1ccc([N+](=O)[O-])cc1)C1C(=O)N(C(C(=O)OCc2ccc([N+](=O)[O-])cc2)=P(c2ccccc2)(c2ccccc2)c2ccccc2)C1[S-].[Ag+]. The smallest absolute Gasteiger partial charge is 0.767 e. The topological polar surface area (TPSA) is 168 Å². The number of amides is 1. The zero-order chi connectivity index (χ0) is 39.1. The van der Waals surface area contributed by atoms with Crippen LogP contribution in [-0.4, -0.2) is 49.7 Å². The Kier molecular flexibility index (Phi) is 13.7. The number of carbonyl (C=O) groups is 3. The van der Waals surface area contributed by atoms with Crippen molar-refractivity contribution in [3.05, 3.63) is 171 Å². The van der Waals surface area contributed by atoms with E-state index in [0.717, 1.165) is 15.9 Å². The molecule has 1 aliphatic heterocycles. The standard InChI is InChI=1S/C40H34N3O10PS.Ag/c1-27(53-40(46)52-26-29-19-23-31(24-20-29)43(49)50)35-36(44)41(38(35)55)37(39(45)51-25-28-17-21-30(22-18-28)42(47)48)54(32-11-5-2-6-12-32,33-13-7-3-8-14-33)34-15-9-4-10-16-34;/h2-24,27,35,38,55H,25-26H2,1H3;/q;+1/p-1. The van der Waals surface area contributed by atoms with E-state index in [1.165, 1.54) is 60.4 Å². The normalized spacial score (nSPS) is 15.3. The number of nitro benzene ring substituents is 2. The van der Waals surface area contributed by atoms with Gasteiger partial charge < -0.3 is 31.7 Å². The zero-order valence-corrected chi connectivity index (χ0v) is 32.7. The Hall–Kier alpha value is -5.50. The Bertz CT molecular complexity index is 2160. The molecule has 0 bridgehead atoms. The van der Waals surface area contributed by atoms with E-state index in [1.54, 1.807) is 0 Å². The molecule has 0 aliphatic carbocycles. The van der Waals surface area contributed by atoms with Gasteiger partial charge in [-0.25, -0.2) is 9.59 Å². The van der Waals surface area contributed by atoms with Crippen LogP contribution in [0.3, 0.4) is 0 Å². The first-order valence-electron chi connectivity index (χ1n) is 16.9. The van der Waals surface area contributed by atoms with Crippen molar-refractivity contribution in [1.82, 2.24) is 4.90 Å². The predicted octanol–water partition coefficient (Wildman–Crippen LogP) is 5.74. The number of esters is 1. The number of rotatable bonds is 13. The number of nitrogens with zero attached hydrogens (tertiary/aromatic N) is 3. The summed E-state index contributed by atoms with van der Waals surface area (Å²) >= 11 is 5.96. The van der Waals surface area contributed by atoms with Crippen molar-refractivity contribution in [2.24, 2.45) is 5.92 Å². The number of benzene rings is 5. The summed E-state index contributed by atoms with van der Waals surface area (Å²) in [6.45, 7) is -2.26. The van der Waals surface area contributed by atoms with Gasteiger partial charge in [-0.2, -0.15) is 0 Å². The maximum Gasteiger partial charge on any atom is 1.00 e. The predicted molar refractivity (Wildman–Crippen MR) is 208 cm³/mol. The van der Waals surface area contributed by atoms with Gasteiger partial charge in [0.25, 0.3) is 11.4 Å². The van der Waals surface area contributed by atoms with Crippen LogP contribution in [0.4, 0.5) is 16.2 Å².